The van der Waals surface area contributed by atoms with Crippen molar-refractivity contribution < 1.29 is 0 Å². The molecule has 2 rings (SSSR count). The lowest BCUT2D eigenvalue weighted by atomic mass is 10.2. The number of hydrogen-bond donors (Lipinski definition) is 1. The highest BCUT2D eigenvalue weighted by molar-refractivity contribution is 9.10. The molecule has 1 aromatic heterocycles. The molecule has 2 aromatic rings. The largest absolute Gasteiger partial charge is 0.369 e. The molecule has 2 nitrogen and oxygen atoms in total. The number of anilines is 1. The molecular formula is C16H20Br2N2S. The normalized spacial score (nSPS) is 10.9. The molecule has 0 spiro atoms. The lowest BCUT2D eigenvalue weighted by Gasteiger charge is -2.20. The molecule has 1 heterocycles. The quantitative estimate of drug-likeness (QED) is 0.589. The SMILES string of the molecule is CCCNCc1ccc(N(C)Cc2cc(Br)cs2)c(Br)c1. The van der Waals surface area contributed by atoms with Gasteiger partial charge in [-0.2, -0.15) is 0 Å². The average molecular weight is 432 g/mol. The van der Waals surface area contributed by atoms with E-state index in [-0.39, 0.29) is 0 Å². The Balaban J connectivity index is 2.02. The Hall–Kier alpha value is -0.360. The van der Waals surface area contributed by atoms with E-state index in [1.807, 2.05) is 0 Å². The van der Waals surface area contributed by atoms with Gasteiger partial charge >= 0.3 is 0 Å². The van der Waals surface area contributed by atoms with Crippen LogP contribution < -0.4 is 10.2 Å². The summed E-state index contributed by atoms with van der Waals surface area (Å²) in [7, 11) is 2.13. The van der Waals surface area contributed by atoms with Crippen LogP contribution in [0.15, 0.2) is 38.6 Å². The molecule has 0 saturated carbocycles. The van der Waals surface area contributed by atoms with Crippen LogP contribution in [0.2, 0.25) is 0 Å². The Labute approximate surface area is 147 Å². The third kappa shape index (κ3) is 5.09. The van der Waals surface area contributed by atoms with E-state index in [9.17, 15) is 0 Å². The summed E-state index contributed by atoms with van der Waals surface area (Å²) in [5.74, 6) is 0. The molecule has 0 amide bonds. The average Bonchev–Trinajstić information content (AvgIpc) is 2.84. The topological polar surface area (TPSA) is 15.3 Å². The lowest BCUT2D eigenvalue weighted by Crippen LogP contribution is -2.17. The molecule has 0 atom stereocenters. The van der Waals surface area contributed by atoms with Crippen LogP contribution in [0.25, 0.3) is 0 Å². The number of thiophene rings is 1. The maximum atomic E-state index is 3.70. The summed E-state index contributed by atoms with van der Waals surface area (Å²) in [5, 5.41) is 5.56. The number of nitrogens with zero attached hydrogens (tertiary/aromatic N) is 1. The highest BCUT2D eigenvalue weighted by atomic mass is 79.9. The van der Waals surface area contributed by atoms with Crippen LogP contribution in [0.3, 0.4) is 0 Å². The first-order chi connectivity index (χ1) is 10.1. The van der Waals surface area contributed by atoms with Gasteiger partial charge in [-0.05, 0) is 68.6 Å². The maximum Gasteiger partial charge on any atom is 0.0520 e. The van der Waals surface area contributed by atoms with Crippen molar-refractivity contribution in [3.05, 3.63) is 49.0 Å². The van der Waals surface area contributed by atoms with Gasteiger partial charge in [-0.25, -0.2) is 0 Å². The Morgan fingerprint density at radius 1 is 1.24 bits per heavy atom. The van der Waals surface area contributed by atoms with Crippen LogP contribution in [0, 0.1) is 0 Å². The van der Waals surface area contributed by atoms with Crippen LogP contribution in [-0.2, 0) is 13.1 Å². The van der Waals surface area contributed by atoms with Gasteiger partial charge in [-0.15, -0.1) is 11.3 Å². The highest BCUT2D eigenvalue weighted by Crippen LogP contribution is 2.29. The van der Waals surface area contributed by atoms with Gasteiger partial charge in [-0.1, -0.05) is 13.0 Å². The number of rotatable bonds is 7. The summed E-state index contributed by atoms with van der Waals surface area (Å²) in [6, 6.07) is 8.77. The molecule has 21 heavy (non-hydrogen) atoms. The number of nitrogens with one attached hydrogen (secondary N) is 1. The fraction of sp³-hybridized carbons (Fsp3) is 0.375. The Kier molecular flexibility index (Phi) is 6.74. The van der Waals surface area contributed by atoms with Gasteiger partial charge in [0.15, 0.2) is 0 Å². The summed E-state index contributed by atoms with van der Waals surface area (Å²) in [4.78, 5) is 3.62. The van der Waals surface area contributed by atoms with E-state index in [4.69, 9.17) is 0 Å². The Morgan fingerprint density at radius 3 is 2.67 bits per heavy atom. The van der Waals surface area contributed by atoms with E-state index < -0.39 is 0 Å². The second-order valence-corrected chi connectivity index (χ2v) is 7.82. The van der Waals surface area contributed by atoms with Crippen molar-refractivity contribution in [1.29, 1.82) is 0 Å². The predicted molar refractivity (Wildman–Crippen MR) is 100 cm³/mol. The zero-order valence-electron chi connectivity index (χ0n) is 12.3. The molecule has 0 aliphatic rings. The van der Waals surface area contributed by atoms with Crippen LogP contribution in [-0.4, -0.2) is 13.6 Å². The second-order valence-electron chi connectivity index (χ2n) is 5.05. The third-order valence-electron chi connectivity index (χ3n) is 3.19. The molecule has 0 aliphatic carbocycles. The number of benzene rings is 1. The van der Waals surface area contributed by atoms with Crippen LogP contribution in [0.4, 0.5) is 5.69 Å². The minimum atomic E-state index is 0.919. The Bertz CT molecular complexity index is 583. The van der Waals surface area contributed by atoms with Crippen molar-refractivity contribution in [1.82, 2.24) is 5.32 Å². The minimum Gasteiger partial charge on any atom is -0.369 e. The zero-order chi connectivity index (χ0) is 15.2. The number of halogens is 2. The first kappa shape index (κ1) is 17.0. The fourth-order valence-corrected chi connectivity index (χ4v) is 4.37. The van der Waals surface area contributed by atoms with Crippen molar-refractivity contribution in [2.75, 3.05) is 18.5 Å². The summed E-state index contributed by atoms with van der Waals surface area (Å²) in [5.41, 5.74) is 2.53. The van der Waals surface area contributed by atoms with Crippen molar-refractivity contribution in [2.24, 2.45) is 0 Å². The van der Waals surface area contributed by atoms with Crippen molar-refractivity contribution in [3.8, 4) is 0 Å². The molecule has 0 aliphatic heterocycles. The van der Waals surface area contributed by atoms with Gasteiger partial charge < -0.3 is 10.2 Å². The molecule has 5 heteroatoms. The van der Waals surface area contributed by atoms with Crippen LogP contribution in [0.1, 0.15) is 23.8 Å². The van der Waals surface area contributed by atoms with E-state index >= 15 is 0 Å². The first-order valence-corrected chi connectivity index (χ1v) is 9.50. The monoisotopic (exact) mass is 430 g/mol. The molecular weight excluding hydrogens is 412 g/mol. The van der Waals surface area contributed by atoms with Gasteiger partial charge in [0.1, 0.15) is 0 Å². The van der Waals surface area contributed by atoms with E-state index in [2.05, 4.69) is 85.7 Å². The highest BCUT2D eigenvalue weighted by Gasteiger charge is 2.08. The van der Waals surface area contributed by atoms with Gasteiger partial charge in [0.05, 0.1) is 12.2 Å². The second kappa shape index (κ2) is 8.32. The van der Waals surface area contributed by atoms with Gasteiger partial charge in [-0.3, -0.25) is 0 Å². The summed E-state index contributed by atoms with van der Waals surface area (Å²) < 4.78 is 2.31. The minimum absolute atomic E-state index is 0.919. The molecule has 1 aromatic carbocycles. The van der Waals surface area contributed by atoms with E-state index in [1.54, 1.807) is 11.3 Å². The summed E-state index contributed by atoms with van der Waals surface area (Å²) >= 11 is 8.99. The molecule has 0 radical (unpaired) electrons. The van der Waals surface area contributed by atoms with Crippen LogP contribution in [0.5, 0.6) is 0 Å². The molecule has 0 fully saturated rings. The fourth-order valence-electron chi connectivity index (χ4n) is 2.14. The lowest BCUT2D eigenvalue weighted by molar-refractivity contribution is 0.675. The summed E-state index contributed by atoms with van der Waals surface area (Å²) in [6.07, 6.45) is 1.17. The Morgan fingerprint density at radius 2 is 2.05 bits per heavy atom. The standard InChI is InChI=1S/C16H20Br2N2S/c1-3-6-19-9-12-4-5-16(15(18)7-12)20(2)10-14-8-13(17)11-21-14/h4-5,7-8,11,19H,3,6,9-10H2,1-2H3. The van der Waals surface area contributed by atoms with E-state index in [0.717, 1.165) is 28.6 Å². The van der Waals surface area contributed by atoms with Gasteiger partial charge in [0, 0.05) is 32.8 Å². The predicted octanol–water partition coefficient (Wildman–Crippen LogP) is 5.41. The third-order valence-corrected chi connectivity index (χ3v) is 5.51. The van der Waals surface area contributed by atoms with Crippen molar-refractivity contribution in [2.45, 2.75) is 26.4 Å². The zero-order valence-corrected chi connectivity index (χ0v) is 16.3. The smallest absolute Gasteiger partial charge is 0.0520 e. The molecule has 0 bridgehead atoms. The van der Waals surface area contributed by atoms with Gasteiger partial charge in [0.25, 0.3) is 0 Å². The van der Waals surface area contributed by atoms with E-state index in [0.29, 0.717) is 0 Å². The maximum absolute atomic E-state index is 3.70. The van der Waals surface area contributed by atoms with Gasteiger partial charge in [0.2, 0.25) is 0 Å². The molecule has 0 saturated heterocycles. The first-order valence-electron chi connectivity index (χ1n) is 7.03. The number of hydrogen-bond acceptors (Lipinski definition) is 3. The van der Waals surface area contributed by atoms with Crippen molar-refractivity contribution >= 4 is 48.9 Å². The molecule has 1 N–H and O–H groups in total. The molecule has 114 valence electrons. The summed E-state index contributed by atoms with van der Waals surface area (Å²) in [6.45, 7) is 5.09. The van der Waals surface area contributed by atoms with Crippen molar-refractivity contribution in [3.63, 3.8) is 0 Å². The van der Waals surface area contributed by atoms with E-state index in [1.165, 1.54) is 22.5 Å². The molecule has 0 unspecified atom stereocenters. The van der Waals surface area contributed by atoms with Crippen LogP contribution >= 0.6 is 43.2 Å².